The Balaban J connectivity index is 1.94. The summed E-state index contributed by atoms with van der Waals surface area (Å²) in [5.41, 5.74) is 2.71. The molecule has 3 heterocycles. The van der Waals surface area contributed by atoms with Gasteiger partial charge in [0.05, 0.1) is 16.6 Å². The van der Waals surface area contributed by atoms with Gasteiger partial charge in [-0.3, -0.25) is 9.20 Å². The minimum absolute atomic E-state index is 0.0476. The van der Waals surface area contributed by atoms with Gasteiger partial charge in [-0.2, -0.15) is 0 Å². The third-order valence-corrected chi connectivity index (χ3v) is 5.07. The van der Waals surface area contributed by atoms with Crippen LogP contribution >= 0.6 is 0 Å². The molecule has 2 unspecified atom stereocenters. The van der Waals surface area contributed by atoms with Crippen LogP contribution in [0.25, 0.3) is 16.4 Å². The molecule has 27 heavy (non-hydrogen) atoms. The van der Waals surface area contributed by atoms with Crippen LogP contribution in [0.5, 0.6) is 0 Å². The largest absolute Gasteiger partial charge is 0.476 e. The number of pyridine rings is 1. The van der Waals surface area contributed by atoms with Crippen LogP contribution in [0.1, 0.15) is 40.3 Å². The van der Waals surface area contributed by atoms with Gasteiger partial charge in [0.25, 0.3) is 5.91 Å². The van der Waals surface area contributed by atoms with Gasteiger partial charge in [0, 0.05) is 30.6 Å². The van der Waals surface area contributed by atoms with E-state index in [0.717, 1.165) is 16.5 Å². The number of fused-ring (bicyclic) bond motifs is 3. The van der Waals surface area contributed by atoms with Crippen LogP contribution in [0.2, 0.25) is 0 Å². The minimum atomic E-state index is -1.10. The summed E-state index contributed by atoms with van der Waals surface area (Å²) in [4.78, 5) is 30.8. The molecule has 7 heteroatoms. The van der Waals surface area contributed by atoms with Crippen molar-refractivity contribution in [3.63, 3.8) is 0 Å². The zero-order valence-electron chi connectivity index (χ0n) is 15.6. The average Bonchev–Trinajstić information content (AvgIpc) is 3.03. The lowest BCUT2D eigenvalue weighted by atomic mass is 10.0. The maximum absolute atomic E-state index is 13.4. The molecule has 3 aromatic rings. The molecule has 0 aliphatic carbocycles. The molecule has 4 rings (SSSR count). The predicted octanol–water partition coefficient (Wildman–Crippen LogP) is 2.32. The van der Waals surface area contributed by atoms with Crippen LogP contribution in [-0.2, 0) is 0 Å². The second-order valence-electron chi connectivity index (χ2n) is 7.41. The molecule has 2 aromatic heterocycles. The number of carbonyl (C=O) groups excluding carboxylic acids is 1. The number of rotatable bonds is 2. The molecule has 2 atom stereocenters. The topological polar surface area (TPSA) is 86.9 Å². The predicted molar refractivity (Wildman–Crippen MR) is 102 cm³/mol. The maximum Gasteiger partial charge on any atom is 0.356 e. The van der Waals surface area contributed by atoms with E-state index in [-0.39, 0.29) is 23.7 Å². The number of hydrogen-bond acceptors (Lipinski definition) is 4. The molecule has 1 aliphatic rings. The zero-order valence-corrected chi connectivity index (χ0v) is 15.6. The van der Waals surface area contributed by atoms with E-state index in [4.69, 9.17) is 0 Å². The molecule has 0 bridgehead atoms. The van der Waals surface area contributed by atoms with Gasteiger partial charge in [-0.15, -0.1) is 0 Å². The lowest BCUT2D eigenvalue weighted by Gasteiger charge is -2.36. The van der Waals surface area contributed by atoms with Crippen molar-refractivity contribution in [3.05, 3.63) is 47.4 Å². The molecule has 0 radical (unpaired) electrons. The minimum Gasteiger partial charge on any atom is -0.476 e. The van der Waals surface area contributed by atoms with Crippen LogP contribution in [0, 0.1) is 6.92 Å². The number of carboxylic acid groups (broad SMARTS) is 1. The highest BCUT2D eigenvalue weighted by Gasteiger charge is 2.28. The van der Waals surface area contributed by atoms with Crippen molar-refractivity contribution in [3.8, 4) is 0 Å². The Morgan fingerprint density at radius 2 is 1.85 bits per heavy atom. The third-order valence-electron chi connectivity index (χ3n) is 5.07. The monoisotopic (exact) mass is 366 g/mol. The Hall–Kier alpha value is -2.93. The molecule has 1 saturated heterocycles. The highest BCUT2D eigenvalue weighted by molar-refractivity contribution is 6.09. The van der Waals surface area contributed by atoms with Crippen LogP contribution in [0.4, 0.5) is 0 Å². The van der Waals surface area contributed by atoms with Crippen molar-refractivity contribution < 1.29 is 14.7 Å². The molecule has 1 fully saturated rings. The Kier molecular flexibility index (Phi) is 4.11. The van der Waals surface area contributed by atoms with Gasteiger partial charge in [0.15, 0.2) is 5.69 Å². The van der Waals surface area contributed by atoms with E-state index in [1.54, 1.807) is 10.5 Å². The van der Waals surface area contributed by atoms with Gasteiger partial charge in [-0.25, -0.2) is 9.78 Å². The first kappa shape index (κ1) is 17.5. The highest BCUT2D eigenvalue weighted by Crippen LogP contribution is 2.26. The van der Waals surface area contributed by atoms with Crippen molar-refractivity contribution >= 4 is 28.3 Å². The molecule has 7 nitrogen and oxygen atoms in total. The fraction of sp³-hybridized carbons (Fsp3) is 0.350. The number of hydrogen-bond donors (Lipinski definition) is 2. The zero-order chi connectivity index (χ0) is 19.3. The van der Waals surface area contributed by atoms with Crippen LogP contribution in [0.15, 0.2) is 30.6 Å². The smallest absolute Gasteiger partial charge is 0.356 e. The Morgan fingerprint density at radius 1 is 1.15 bits per heavy atom. The highest BCUT2D eigenvalue weighted by atomic mass is 16.4. The SMILES string of the molecule is Cc1ccc2c(c1)c(C(=O)N1CC(C)NC(C)C1)cc1c(C(=O)O)ncn12. The number of carboxylic acids is 1. The Labute approximate surface area is 156 Å². The molecule has 140 valence electrons. The number of carbonyl (C=O) groups is 2. The number of benzene rings is 1. The number of amides is 1. The summed E-state index contributed by atoms with van der Waals surface area (Å²) in [6.07, 6.45) is 1.50. The summed E-state index contributed by atoms with van der Waals surface area (Å²) in [7, 11) is 0. The summed E-state index contributed by atoms with van der Waals surface area (Å²) in [5, 5.41) is 13.7. The van der Waals surface area contributed by atoms with E-state index in [1.165, 1.54) is 6.33 Å². The Bertz CT molecular complexity index is 1060. The van der Waals surface area contributed by atoms with E-state index < -0.39 is 5.97 Å². The third kappa shape index (κ3) is 2.94. The molecular weight excluding hydrogens is 344 g/mol. The standard InChI is InChI=1S/C20H22N4O3/c1-11-4-5-16-14(6-11)15(7-17-18(20(26)27)21-10-24(16)17)19(25)23-8-12(2)22-13(3)9-23/h4-7,10,12-13,22H,8-9H2,1-3H3,(H,26,27). The summed E-state index contributed by atoms with van der Waals surface area (Å²) in [6.45, 7) is 7.32. The van der Waals surface area contributed by atoms with E-state index in [1.807, 2.05) is 30.0 Å². The van der Waals surface area contributed by atoms with Crippen molar-refractivity contribution in [1.82, 2.24) is 19.6 Å². The van der Waals surface area contributed by atoms with E-state index in [2.05, 4.69) is 24.1 Å². The number of piperazine rings is 1. The average molecular weight is 366 g/mol. The second-order valence-corrected chi connectivity index (χ2v) is 7.41. The first-order valence-electron chi connectivity index (χ1n) is 9.04. The molecule has 2 N–H and O–H groups in total. The van der Waals surface area contributed by atoms with Crippen molar-refractivity contribution in [2.24, 2.45) is 0 Å². The maximum atomic E-state index is 13.4. The summed E-state index contributed by atoms with van der Waals surface area (Å²) >= 11 is 0. The molecular formula is C20H22N4O3. The lowest BCUT2D eigenvalue weighted by molar-refractivity contribution is 0.0671. The fourth-order valence-electron chi connectivity index (χ4n) is 3.98. The van der Waals surface area contributed by atoms with E-state index in [9.17, 15) is 14.7 Å². The van der Waals surface area contributed by atoms with E-state index in [0.29, 0.717) is 24.2 Å². The first-order valence-corrected chi connectivity index (χ1v) is 9.04. The van der Waals surface area contributed by atoms with Gasteiger partial charge in [-0.05, 0) is 39.0 Å². The molecule has 0 saturated carbocycles. The fourth-order valence-corrected chi connectivity index (χ4v) is 3.98. The molecule has 1 aliphatic heterocycles. The first-order chi connectivity index (χ1) is 12.8. The van der Waals surface area contributed by atoms with E-state index >= 15 is 0 Å². The second kappa shape index (κ2) is 6.35. The van der Waals surface area contributed by atoms with Gasteiger partial charge in [-0.1, -0.05) is 11.6 Å². The molecule has 1 aromatic carbocycles. The van der Waals surface area contributed by atoms with Crippen molar-refractivity contribution in [1.29, 1.82) is 0 Å². The molecule has 0 spiro atoms. The quantitative estimate of drug-likeness (QED) is 0.727. The van der Waals surface area contributed by atoms with Crippen molar-refractivity contribution in [2.75, 3.05) is 13.1 Å². The van der Waals surface area contributed by atoms with Crippen LogP contribution in [-0.4, -0.2) is 56.4 Å². The normalized spacial score (nSPS) is 20.3. The lowest BCUT2D eigenvalue weighted by Crippen LogP contribution is -2.55. The van der Waals surface area contributed by atoms with Gasteiger partial charge >= 0.3 is 5.97 Å². The summed E-state index contributed by atoms with van der Waals surface area (Å²) < 4.78 is 1.73. The number of nitrogens with zero attached hydrogens (tertiary/aromatic N) is 3. The van der Waals surface area contributed by atoms with Gasteiger partial charge in [0.2, 0.25) is 0 Å². The number of imidazole rings is 1. The number of aryl methyl sites for hydroxylation is 1. The summed E-state index contributed by atoms with van der Waals surface area (Å²) in [6, 6.07) is 7.91. The van der Waals surface area contributed by atoms with Gasteiger partial charge < -0.3 is 15.3 Å². The number of aromatic nitrogens is 2. The van der Waals surface area contributed by atoms with Crippen LogP contribution in [0.3, 0.4) is 0 Å². The number of aromatic carboxylic acids is 1. The Morgan fingerprint density at radius 3 is 2.52 bits per heavy atom. The van der Waals surface area contributed by atoms with Crippen molar-refractivity contribution in [2.45, 2.75) is 32.9 Å². The van der Waals surface area contributed by atoms with Gasteiger partial charge in [0.1, 0.15) is 6.33 Å². The number of nitrogens with one attached hydrogen (secondary N) is 1. The summed E-state index contributed by atoms with van der Waals surface area (Å²) in [5.74, 6) is -1.18. The van der Waals surface area contributed by atoms with Crippen LogP contribution < -0.4 is 5.32 Å². The molecule has 1 amide bonds.